The average molecular weight is 312 g/mol. The number of hydrogen-bond donors (Lipinski definition) is 2. The highest BCUT2D eigenvalue weighted by molar-refractivity contribution is 7.90. The lowest BCUT2D eigenvalue weighted by Gasteiger charge is -2.13. The Balaban J connectivity index is 2.49. The second-order valence-corrected chi connectivity index (χ2v) is 6.22. The Morgan fingerprint density at radius 3 is 2.57 bits per heavy atom. The highest BCUT2D eigenvalue weighted by atomic mass is 32.2. The number of carboxylic acids is 1. The lowest BCUT2D eigenvalue weighted by atomic mass is 10.1. The van der Waals surface area contributed by atoms with Crippen LogP contribution in [0.1, 0.15) is 23.7 Å². The van der Waals surface area contributed by atoms with Crippen LogP contribution in [0.4, 0.5) is 5.69 Å². The smallest absolute Gasteiger partial charge is 0.305 e. The number of nitrogens with one attached hydrogen (secondary N) is 1. The van der Waals surface area contributed by atoms with E-state index in [0.717, 1.165) is 0 Å². The number of anilines is 1. The Bertz CT molecular complexity index is 740. The van der Waals surface area contributed by atoms with Crippen LogP contribution in [0, 0.1) is 0 Å². The maximum absolute atomic E-state index is 12.2. The van der Waals surface area contributed by atoms with E-state index in [2.05, 4.69) is 5.32 Å². The zero-order valence-electron chi connectivity index (χ0n) is 11.0. The molecule has 1 aliphatic rings. The highest BCUT2D eigenvalue weighted by Gasteiger charge is 2.42. The first-order valence-electron chi connectivity index (χ1n) is 5.94. The number of amides is 2. The Labute approximate surface area is 120 Å². The Kier molecular flexibility index (Phi) is 3.69. The zero-order valence-corrected chi connectivity index (χ0v) is 11.8. The van der Waals surface area contributed by atoms with Crippen LogP contribution < -0.4 is 5.32 Å². The number of hydrogen-bond acceptors (Lipinski definition) is 5. The van der Waals surface area contributed by atoms with Gasteiger partial charge in [-0.3, -0.25) is 14.4 Å². The van der Waals surface area contributed by atoms with E-state index >= 15 is 0 Å². The van der Waals surface area contributed by atoms with Crippen molar-refractivity contribution in [3.8, 4) is 0 Å². The maximum Gasteiger partial charge on any atom is 0.305 e. The lowest BCUT2D eigenvalue weighted by Crippen LogP contribution is -2.32. The van der Waals surface area contributed by atoms with Crippen LogP contribution in [0.5, 0.6) is 0 Å². The minimum absolute atomic E-state index is 0.0893. The molecule has 1 aromatic carbocycles. The molecule has 2 rings (SSSR count). The molecule has 0 saturated carbocycles. The monoisotopic (exact) mass is 312 g/mol. The molecule has 0 atom stereocenters. The number of benzene rings is 1. The first kappa shape index (κ1) is 15.0. The molecule has 0 aromatic heterocycles. The Morgan fingerprint density at radius 2 is 2.00 bits per heavy atom. The van der Waals surface area contributed by atoms with Crippen molar-refractivity contribution in [3.05, 3.63) is 23.8 Å². The van der Waals surface area contributed by atoms with Gasteiger partial charge in [-0.25, -0.2) is 12.7 Å². The second-order valence-electron chi connectivity index (χ2n) is 4.39. The van der Waals surface area contributed by atoms with Crippen LogP contribution in [0.15, 0.2) is 23.1 Å². The molecular formula is C12H12N2O6S. The first-order valence-corrected chi connectivity index (χ1v) is 7.38. The number of nitrogens with zero attached hydrogens (tertiary/aromatic N) is 1. The van der Waals surface area contributed by atoms with E-state index in [9.17, 15) is 22.8 Å². The number of rotatable bonds is 4. The fourth-order valence-corrected chi connectivity index (χ4v) is 3.62. The maximum atomic E-state index is 12.2. The minimum atomic E-state index is -4.08. The van der Waals surface area contributed by atoms with Crippen LogP contribution in [0.2, 0.25) is 0 Å². The number of carboxylic acid groups (broad SMARTS) is 1. The fourth-order valence-electron chi connectivity index (χ4n) is 2.03. The third-order valence-electron chi connectivity index (χ3n) is 2.87. The topological polar surface area (TPSA) is 121 Å². The van der Waals surface area contributed by atoms with Crippen LogP contribution in [-0.4, -0.2) is 42.2 Å². The number of carbonyl (C=O) groups is 3. The molecule has 112 valence electrons. The van der Waals surface area contributed by atoms with Crippen molar-refractivity contribution in [2.24, 2.45) is 0 Å². The third kappa shape index (κ3) is 2.59. The summed E-state index contributed by atoms with van der Waals surface area (Å²) < 4.78 is 25.0. The van der Waals surface area contributed by atoms with Gasteiger partial charge in [0, 0.05) is 13.5 Å². The van der Waals surface area contributed by atoms with E-state index in [1.807, 2.05) is 0 Å². The van der Waals surface area contributed by atoms with E-state index < -0.39 is 40.8 Å². The summed E-state index contributed by atoms with van der Waals surface area (Å²) in [6.07, 6.45) is -0.492. The van der Waals surface area contributed by atoms with E-state index in [4.69, 9.17) is 5.11 Å². The van der Waals surface area contributed by atoms with E-state index in [1.54, 1.807) is 0 Å². The molecule has 0 fully saturated rings. The van der Waals surface area contributed by atoms with Crippen molar-refractivity contribution >= 4 is 33.5 Å². The molecule has 1 aliphatic heterocycles. The van der Waals surface area contributed by atoms with Gasteiger partial charge in [0.2, 0.25) is 5.91 Å². The normalized spacial score (nSPS) is 15.7. The molecule has 0 bridgehead atoms. The lowest BCUT2D eigenvalue weighted by molar-refractivity contribution is -0.137. The second kappa shape index (κ2) is 5.17. The summed E-state index contributed by atoms with van der Waals surface area (Å²) in [5.74, 6) is -2.50. The summed E-state index contributed by atoms with van der Waals surface area (Å²) in [6, 6.07) is 4.05. The molecular weight excluding hydrogens is 300 g/mol. The van der Waals surface area contributed by atoms with Crippen molar-refractivity contribution in [1.29, 1.82) is 0 Å². The van der Waals surface area contributed by atoms with Crippen LogP contribution in [0.3, 0.4) is 0 Å². The number of fused-ring (bicyclic) bond motifs is 1. The van der Waals surface area contributed by atoms with Crippen molar-refractivity contribution < 1.29 is 27.9 Å². The van der Waals surface area contributed by atoms with Crippen molar-refractivity contribution in [2.75, 3.05) is 11.9 Å². The molecule has 0 saturated heterocycles. The van der Waals surface area contributed by atoms with Crippen molar-refractivity contribution in [1.82, 2.24) is 4.31 Å². The molecule has 0 spiro atoms. The van der Waals surface area contributed by atoms with Crippen molar-refractivity contribution in [2.45, 2.75) is 18.2 Å². The van der Waals surface area contributed by atoms with Gasteiger partial charge in [0.25, 0.3) is 15.9 Å². The highest BCUT2D eigenvalue weighted by Crippen LogP contribution is 2.35. The molecule has 0 aliphatic carbocycles. The van der Waals surface area contributed by atoms with Gasteiger partial charge < -0.3 is 10.4 Å². The average Bonchev–Trinajstić information content (AvgIpc) is 2.55. The predicted molar refractivity (Wildman–Crippen MR) is 71.2 cm³/mol. The fraction of sp³-hybridized carbons (Fsp3) is 0.250. The van der Waals surface area contributed by atoms with E-state index in [0.29, 0.717) is 4.31 Å². The van der Waals surface area contributed by atoms with Gasteiger partial charge in [0.1, 0.15) is 4.90 Å². The zero-order chi connectivity index (χ0) is 15.8. The molecule has 2 N–H and O–H groups in total. The molecule has 0 unspecified atom stereocenters. The molecule has 21 heavy (non-hydrogen) atoms. The predicted octanol–water partition coefficient (Wildman–Crippen LogP) is 0.264. The number of carbonyl (C=O) groups excluding carboxylic acids is 2. The Hall–Kier alpha value is -2.42. The molecule has 1 heterocycles. The van der Waals surface area contributed by atoms with E-state index in [1.165, 1.54) is 25.1 Å². The molecule has 9 heteroatoms. The van der Waals surface area contributed by atoms with Gasteiger partial charge in [0.15, 0.2) is 0 Å². The van der Waals surface area contributed by atoms with Crippen LogP contribution in [0.25, 0.3) is 0 Å². The summed E-state index contributed by atoms with van der Waals surface area (Å²) in [5, 5.41) is 11.0. The minimum Gasteiger partial charge on any atom is -0.481 e. The number of sulfonamides is 1. The van der Waals surface area contributed by atoms with Crippen molar-refractivity contribution in [3.63, 3.8) is 0 Å². The summed E-state index contributed by atoms with van der Waals surface area (Å²) >= 11 is 0. The first-order chi connectivity index (χ1) is 9.75. The summed E-state index contributed by atoms with van der Waals surface area (Å²) in [5.41, 5.74) is -0.0514. The summed E-state index contributed by atoms with van der Waals surface area (Å²) in [4.78, 5) is 33.7. The standard InChI is InChI=1S/C12H12N2O6S/c1-7(15)13-8-3-2-4-9-11(8)12(18)14(21(9,19)20)6-5-10(16)17/h2-4H,5-6H2,1H3,(H,13,15)(H,16,17). The van der Waals surface area contributed by atoms with Gasteiger partial charge in [-0.2, -0.15) is 0 Å². The van der Waals surface area contributed by atoms with Gasteiger partial charge in [0.05, 0.1) is 17.7 Å². The third-order valence-corrected chi connectivity index (χ3v) is 4.70. The quantitative estimate of drug-likeness (QED) is 0.823. The number of aliphatic carboxylic acids is 1. The largest absolute Gasteiger partial charge is 0.481 e. The SMILES string of the molecule is CC(=O)Nc1cccc2c1C(=O)N(CCC(=O)O)S2(=O)=O. The summed E-state index contributed by atoms with van der Waals surface area (Å²) in [6.45, 7) is 0.778. The molecule has 2 amide bonds. The summed E-state index contributed by atoms with van der Waals surface area (Å²) in [7, 11) is -4.08. The van der Waals surface area contributed by atoms with Crippen LogP contribution in [-0.2, 0) is 19.6 Å². The Morgan fingerprint density at radius 1 is 1.33 bits per heavy atom. The van der Waals surface area contributed by atoms with Gasteiger partial charge in [-0.05, 0) is 12.1 Å². The molecule has 1 aromatic rings. The molecule has 8 nitrogen and oxygen atoms in total. The van der Waals surface area contributed by atoms with E-state index in [-0.39, 0.29) is 16.1 Å². The van der Waals surface area contributed by atoms with Crippen LogP contribution >= 0.6 is 0 Å². The van der Waals surface area contributed by atoms with Gasteiger partial charge in [-0.15, -0.1) is 0 Å². The van der Waals surface area contributed by atoms with Gasteiger partial charge >= 0.3 is 5.97 Å². The van der Waals surface area contributed by atoms with Gasteiger partial charge in [-0.1, -0.05) is 6.07 Å². The molecule has 0 radical (unpaired) electrons.